The van der Waals surface area contributed by atoms with Gasteiger partial charge in [-0.2, -0.15) is 0 Å². The van der Waals surface area contributed by atoms with Crippen LogP contribution in [0, 0.1) is 17.0 Å². The van der Waals surface area contributed by atoms with Crippen LogP contribution in [0.15, 0.2) is 35.7 Å². The molecule has 0 radical (unpaired) electrons. The zero-order valence-corrected chi connectivity index (χ0v) is 12.8. The number of nitrogens with zero attached hydrogens (tertiary/aromatic N) is 3. The molecule has 116 valence electrons. The first-order chi connectivity index (χ1) is 11.0. The lowest BCUT2D eigenvalue weighted by Crippen LogP contribution is -1.93. The predicted molar refractivity (Wildman–Crippen MR) is 86.6 cm³/mol. The number of benzene rings is 1. The van der Waals surface area contributed by atoms with Crippen molar-refractivity contribution in [2.45, 2.75) is 6.92 Å². The van der Waals surface area contributed by atoms with Crippen molar-refractivity contribution in [2.75, 3.05) is 0 Å². The Labute approximate surface area is 134 Å². The zero-order valence-electron chi connectivity index (χ0n) is 12.0. The van der Waals surface area contributed by atoms with Crippen molar-refractivity contribution in [1.82, 2.24) is 9.38 Å². The number of fused-ring (bicyclic) bond motifs is 1. The van der Waals surface area contributed by atoms with Gasteiger partial charge in [0.25, 0.3) is 5.69 Å². The fraction of sp³-hybridized carbons (Fsp3) is 0.0667. The second-order valence-electron chi connectivity index (χ2n) is 4.80. The number of imidazole rings is 1. The molecule has 0 unspecified atom stereocenters. The largest absolute Gasteiger partial charge is 0.478 e. The minimum absolute atomic E-state index is 0.00122. The fourth-order valence-corrected chi connectivity index (χ4v) is 3.26. The van der Waals surface area contributed by atoms with E-state index in [4.69, 9.17) is 5.11 Å². The number of aliphatic carboxylic acids is 1. The van der Waals surface area contributed by atoms with Gasteiger partial charge >= 0.3 is 5.97 Å². The second kappa shape index (κ2) is 5.65. The van der Waals surface area contributed by atoms with Crippen molar-refractivity contribution >= 4 is 34.0 Å². The molecule has 0 atom stereocenters. The van der Waals surface area contributed by atoms with Gasteiger partial charge in [0.05, 0.1) is 22.0 Å². The second-order valence-corrected chi connectivity index (χ2v) is 5.64. The monoisotopic (exact) mass is 329 g/mol. The van der Waals surface area contributed by atoms with E-state index in [1.54, 1.807) is 23.5 Å². The maximum absolute atomic E-state index is 10.9. The zero-order chi connectivity index (χ0) is 16.6. The standard InChI is InChI=1S/C15H11N3O4S/c1-9-12(5-6-14(19)20)17-13(8-23-15(17)16-9)10-3-2-4-11(7-10)18(21)22/h2-8H,1H3,(H,19,20)/b6-5+. The van der Waals surface area contributed by atoms with E-state index >= 15 is 0 Å². The van der Waals surface area contributed by atoms with Crippen LogP contribution in [0.5, 0.6) is 0 Å². The topological polar surface area (TPSA) is 97.7 Å². The predicted octanol–water partition coefficient (Wildman–Crippen LogP) is 3.38. The SMILES string of the molecule is Cc1nc2scc(-c3cccc([N+](=O)[O-])c3)n2c1/C=C/C(=O)O. The summed E-state index contributed by atoms with van der Waals surface area (Å²) in [5.74, 6) is -1.05. The summed E-state index contributed by atoms with van der Waals surface area (Å²) in [5.41, 5.74) is 2.75. The highest BCUT2D eigenvalue weighted by atomic mass is 32.1. The maximum atomic E-state index is 10.9. The quantitative estimate of drug-likeness (QED) is 0.449. The fourth-order valence-electron chi connectivity index (χ4n) is 2.31. The van der Waals surface area contributed by atoms with E-state index in [1.165, 1.54) is 29.5 Å². The van der Waals surface area contributed by atoms with E-state index in [0.29, 0.717) is 21.9 Å². The number of thiazole rings is 1. The summed E-state index contributed by atoms with van der Waals surface area (Å²) in [4.78, 5) is 26.4. The number of hydrogen-bond acceptors (Lipinski definition) is 5. The average molecular weight is 329 g/mol. The maximum Gasteiger partial charge on any atom is 0.328 e. The lowest BCUT2D eigenvalue weighted by Gasteiger charge is -2.02. The Morgan fingerprint density at radius 3 is 2.96 bits per heavy atom. The van der Waals surface area contributed by atoms with Crippen molar-refractivity contribution in [3.63, 3.8) is 0 Å². The van der Waals surface area contributed by atoms with Gasteiger partial charge in [-0.1, -0.05) is 12.1 Å². The molecule has 2 aromatic heterocycles. The van der Waals surface area contributed by atoms with Crippen LogP contribution in [0.4, 0.5) is 5.69 Å². The first-order valence-electron chi connectivity index (χ1n) is 6.60. The highest BCUT2D eigenvalue weighted by Crippen LogP contribution is 2.31. The number of carboxylic acids is 1. The molecule has 7 nitrogen and oxygen atoms in total. The molecule has 2 heterocycles. The summed E-state index contributed by atoms with van der Waals surface area (Å²) in [6.45, 7) is 1.79. The van der Waals surface area contributed by atoms with Gasteiger partial charge in [0.2, 0.25) is 0 Å². The third kappa shape index (κ3) is 2.71. The summed E-state index contributed by atoms with van der Waals surface area (Å²) in [6.07, 6.45) is 2.52. The number of nitro benzene ring substituents is 1. The number of carboxylic acid groups (broad SMARTS) is 1. The minimum atomic E-state index is -1.05. The number of rotatable bonds is 4. The van der Waals surface area contributed by atoms with Gasteiger partial charge in [-0.15, -0.1) is 11.3 Å². The Morgan fingerprint density at radius 1 is 1.48 bits per heavy atom. The summed E-state index contributed by atoms with van der Waals surface area (Å²) < 4.78 is 1.80. The third-order valence-electron chi connectivity index (χ3n) is 3.32. The molecule has 0 amide bonds. The molecule has 1 N–H and O–H groups in total. The van der Waals surface area contributed by atoms with Crippen molar-refractivity contribution in [3.8, 4) is 11.3 Å². The van der Waals surface area contributed by atoms with Crippen molar-refractivity contribution in [3.05, 3.63) is 57.2 Å². The van der Waals surface area contributed by atoms with Crippen LogP contribution in [0.3, 0.4) is 0 Å². The molecule has 23 heavy (non-hydrogen) atoms. The van der Waals surface area contributed by atoms with Crippen LogP contribution >= 0.6 is 11.3 Å². The van der Waals surface area contributed by atoms with E-state index in [2.05, 4.69) is 4.98 Å². The Bertz CT molecular complexity index is 955. The molecule has 0 aliphatic rings. The van der Waals surface area contributed by atoms with Gasteiger partial charge in [0, 0.05) is 29.2 Å². The molecular formula is C15H11N3O4S. The van der Waals surface area contributed by atoms with E-state index in [-0.39, 0.29) is 5.69 Å². The van der Waals surface area contributed by atoms with Crippen LogP contribution < -0.4 is 0 Å². The molecule has 0 saturated heterocycles. The van der Waals surface area contributed by atoms with Gasteiger partial charge in [-0.25, -0.2) is 9.78 Å². The van der Waals surface area contributed by atoms with E-state index in [0.717, 1.165) is 11.8 Å². The van der Waals surface area contributed by atoms with Gasteiger partial charge < -0.3 is 5.11 Å². The molecule has 0 spiro atoms. The normalized spacial score (nSPS) is 11.3. The molecule has 0 aliphatic carbocycles. The van der Waals surface area contributed by atoms with Crippen LogP contribution in [0.1, 0.15) is 11.4 Å². The molecule has 0 aliphatic heterocycles. The molecule has 0 bridgehead atoms. The van der Waals surface area contributed by atoms with Crippen molar-refractivity contribution in [2.24, 2.45) is 0 Å². The van der Waals surface area contributed by atoms with Gasteiger partial charge in [0.15, 0.2) is 4.96 Å². The number of aromatic nitrogens is 2. The Hall–Kier alpha value is -3.00. The van der Waals surface area contributed by atoms with Gasteiger partial charge in [0.1, 0.15) is 0 Å². The number of aryl methyl sites for hydroxylation is 1. The van der Waals surface area contributed by atoms with E-state index < -0.39 is 10.9 Å². The first-order valence-corrected chi connectivity index (χ1v) is 7.47. The van der Waals surface area contributed by atoms with Gasteiger partial charge in [-0.3, -0.25) is 14.5 Å². The number of non-ortho nitro benzene ring substituents is 1. The Morgan fingerprint density at radius 2 is 2.26 bits per heavy atom. The summed E-state index contributed by atoms with van der Waals surface area (Å²) in [5, 5.41) is 21.6. The molecule has 1 aromatic carbocycles. The smallest absolute Gasteiger partial charge is 0.328 e. The highest BCUT2D eigenvalue weighted by molar-refractivity contribution is 7.15. The molecule has 3 aromatic rings. The average Bonchev–Trinajstić information content (AvgIpc) is 3.03. The summed E-state index contributed by atoms with van der Waals surface area (Å²) >= 11 is 1.39. The number of hydrogen-bond donors (Lipinski definition) is 1. The van der Waals surface area contributed by atoms with E-state index in [9.17, 15) is 14.9 Å². The molecule has 0 fully saturated rings. The van der Waals surface area contributed by atoms with Crippen LogP contribution in [0.25, 0.3) is 22.3 Å². The van der Waals surface area contributed by atoms with Crippen LogP contribution in [-0.4, -0.2) is 25.4 Å². The molecule has 3 rings (SSSR count). The Kier molecular flexibility index (Phi) is 3.67. The lowest BCUT2D eigenvalue weighted by atomic mass is 10.1. The van der Waals surface area contributed by atoms with Crippen LogP contribution in [-0.2, 0) is 4.79 Å². The Balaban J connectivity index is 2.21. The third-order valence-corrected chi connectivity index (χ3v) is 4.15. The van der Waals surface area contributed by atoms with Gasteiger partial charge in [-0.05, 0) is 13.0 Å². The molecule has 8 heteroatoms. The molecule has 0 saturated carbocycles. The highest BCUT2D eigenvalue weighted by Gasteiger charge is 2.15. The molecular weight excluding hydrogens is 318 g/mol. The minimum Gasteiger partial charge on any atom is -0.478 e. The summed E-state index contributed by atoms with van der Waals surface area (Å²) in [6, 6.07) is 6.31. The first kappa shape index (κ1) is 14.9. The number of nitro groups is 1. The van der Waals surface area contributed by atoms with E-state index in [1.807, 2.05) is 5.38 Å². The van der Waals surface area contributed by atoms with Crippen molar-refractivity contribution < 1.29 is 14.8 Å². The van der Waals surface area contributed by atoms with Crippen molar-refractivity contribution in [1.29, 1.82) is 0 Å². The van der Waals surface area contributed by atoms with Crippen LogP contribution in [0.2, 0.25) is 0 Å². The number of carbonyl (C=O) groups is 1. The summed E-state index contributed by atoms with van der Waals surface area (Å²) in [7, 11) is 0. The lowest BCUT2D eigenvalue weighted by molar-refractivity contribution is -0.384.